The Balaban J connectivity index is 0.869. The molecule has 5 heteroatoms. The number of aromatic nitrogens is 2. The molecule has 0 aliphatic heterocycles. The summed E-state index contributed by atoms with van der Waals surface area (Å²) in [6.07, 6.45) is 0. The first kappa shape index (κ1) is 42.3. The highest BCUT2D eigenvalue weighted by atomic mass is 32.1. The molecule has 3 nitrogen and oxygen atoms in total. The average molecular weight is 989 g/mol. The maximum absolute atomic E-state index is 6.92. The number of thiophene rings is 2. The number of rotatable bonds is 6. The Morgan fingerprint density at radius 1 is 0.280 bits per heavy atom. The Morgan fingerprint density at radius 3 is 1.32 bits per heavy atom. The van der Waals surface area contributed by atoms with Crippen molar-refractivity contribution in [3.05, 3.63) is 243 Å². The number of furan rings is 1. The molecule has 0 bridgehead atoms. The molecule has 0 atom stereocenters. The number of benzene rings is 12. The van der Waals surface area contributed by atoms with E-state index in [9.17, 15) is 0 Å². The van der Waals surface area contributed by atoms with Gasteiger partial charge in [-0.25, -0.2) is 9.97 Å². The van der Waals surface area contributed by atoms with Gasteiger partial charge in [0.05, 0.1) is 0 Å². The lowest BCUT2D eigenvalue weighted by molar-refractivity contribution is 0.667. The topological polar surface area (TPSA) is 38.9 Å². The highest BCUT2D eigenvalue weighted by molar-refractivity contribution is 7.26. The molecule has 0 aliphatic carbocycles. The van der Waals surface area contributed by atoms with E-state index in [4.69, 9.17) is 14.4 Å². The molecule has 0 radical (unpaired) electrons. The summed E-state index contributed by atoms with van der Waals surface area (Å²) in [5.41, 5.74) is 14.1. The van der Waals surface area contributed by atoms with E-state index in [2.05, 4.69) is 243 Å². The molecule has 16 aromatic rings. The Hall–Kier alpha value is -9.26. The quantitative estimate of drug-likeness (QED) is 0.156. The van der Waals surface area contributed by atoms with Crippen LogP contribution in [0.5, 0.6) is 0 Å². The van der Waals surface area contributed by atoms with E-state index < -0.39 is 0 Å². The van der Waals surface area contributed by atoms with Crippen LogP contribution in [-0.2, 0) is 0 Å². The highest BCUT2D eigenvalue weighted by Gasteiger charge is 2.21. The highest BCUT2D eigenvalue weighted by Crippen LogP contribution is 2.45. The van der Waals surface area contributed by atoms with Gasteiger partial charge in [-0.15, -0.1) is 22.7 Å². The van der Waals surface area contributed by atoms with Crippen LogP contribution in [0.3, 0.4) is 0 Å². The third-order valence-corrected chi connectivity index (χ3v) is 17.7. The minimum atomic E-state index is 0.639. The molecule has 4 aromatic heterocycles. The molecule has 0 spiro atoms. The number of fused-ring (bicyclic) bond motifs is 15. The molecule has 0 aliphatic rings. The first-order valence-electron chi connectivity index (χ1n) is 25.4. The van der Waals surface area contributed by atoms with Gasteiger partial charge in [0, 0.05) is 56.9 Å². The second-order valence-corrected chi connectivity index (χ2v) is 21.6. The molecule has 0 saturated heterocycles. The molecule has 0 fully saturated rings. The molecule has 0 amide bonds. The van der Waals surface area contributed by atoms with Gasteiger partial charge in [0.2, 0.25) is 0 Å². The largest absolute Gasteiger partial charge is 0.452 e. The summed E-state index contributed by atoms with van der Waals surface area (Å²) >= 11 is 3.71. The van der Waals surface area contributed by atoms with Gasteiger partial charge in [0.1, 0.15) is 16.8 Å². The smallest absolute Gasteiger partial charge is 0.180 e. The van der Waals surface area contributed by atoms with E-state index in [1.165, 1.54) is 89.4 Å². The Kier molecular flexibility index (Phi) is 9.38. The first-order valence-corrected chi connectivity index (χ1v) is 27.0. The van der Waals surface area contributed by atoms with E-state index in [0.29, 0.717) is 11.4 Å². The predicted octanol–water partition coefficient (Wildman–Crippen LogP) is 20.6. The minimum Gasteiger partial charge on any atom is -0.452 e. The molecule has 348 valence electrons. The zero-order valence-electron chi connectivity index (χ0n) is 40.2. The van der Waals surface area contributed by atoms with Crippen molar-refractivity contribution in [1.82, 2.24) is 9.97 Å². The van der Waals surface area contributed by atoms with Crippen molar-refractivity contribution < 1.29 is 4.42 Å². The van der Waals surface area contributed by atoms with Gasteiger partial charge in [-0.3, -0.25) is 0 Å². The van der Waals surface area contributed by atoms with Gasteiger partial charge in [-0.2, -0.15) is 0 Å². The van der Waals surface area contributed by atoms with Gasteiger partial charge < -0.3 is 4.42 Å². The van der Waals surface area contributed by atoms with E-state index >= 15 is 0 Å². The van der Waals surface area contributed by atoms with Gasteiger partial charge in [0.25, 0.3) is 0 Å². The van der Waals surface area contributed by atoms with Crippen LogP contribution in [-0.4, -0.2) is 9.97 Å². The van der Waals surface area contributed by atoms with Gasteiger partial charge >= 0.3 is 0 Å². The summed E-state index contributed by atoms with van der Waals surface area (Å²) < 4.78 is 12.1. The molecule has 12 aromatic carbocycles. The Bertz CT molecular complexity index is 5000. The van der Waals surface area contributed by atoms with Crippen LogP contribution in [0.25, 0.3) is 162 Å². The lowest BCUT2D eigenvalue weighted by Crippen LogP contribution is -1.95. The zero-order chi connectivity index (χ0) is 49.1. The van der Waals surface area contributed by atoms with Gasteiger partial charge in [-0.05, 0) is 125 Å². The lowest BCUT2D eigenvalue weighted by Gasteiger charge is -2.13. The van der Waals surface area contributed by atoms with Crippen molar-refractivity contribution in [2.75, 3.05) is 0 Å². The SMILES string of the molecule is c1cc(-c2ccc3c4ccccc4c4ccccc4c3c2)cc(-c2nc(-c3cccc(-c4cccc5c4sc4ccccc45)c3)c3oc4ccc(-c5cccc(-c6cccc7c6sc6ccccc67)c5)cc4c3n2)c1. The monoisotopic (exact) mass is 988 g/mol. The van der Waals surface area contributed by atoms with Crippen molar-refractivity contribution in [1.29, 1.82) is 0 Å². The summed E-state index contributed by atoms with van der Waals surface area (Å²) in [6, 6.07) is 88.0. The second kappa shape index (κ2) is 16.6. The summed E-state index contributed by atoms with van der Waals surface area (Å²) in [5.74, 6) is 0.639. The molecule has 0 unspecified atom stereocenters. The Morgan fingerprint density at radius 2 is 0.707 bits per heavy atom. The summed E-state index contributed by atoms with van der Waals surface area (Å²) in [6.45, 7) is 0. The molecule has 0 N–H and O–H groups in total. The third kappa shape index (κ3) is 6.72. The van der Waals surface area contributed by atoms with Gasteiger partial charge in [-0.1, -0.05) is 194 Å². The normalized spacial score (nSPS) is 12.0. The van der Waals surface area contributed by atoms with Crippen LogP contribution < -0.4 is 0 Å². The lowest BCUT2D eigenvalue weighted by atomic mass is 9.92. The first-order chi connectivity index (χ1) is 37.1. The molecule has 4 heterocycles. The molecule has 75 heavy (non-hydrogen) atoms. The molecular weight excluding hydrogens is 949 g/mol. The fourth-order valence-corrected chi connectivity index (χ4v) is 14.2. The minimum absolute atomic E-state index is 0.639. The predicted molar refractivity (Wildman–Crippen MR) is 320 cm³/mol. The van der Waals surface area contributed by atoms with Crippen LogP contribution >= 0.6 is 22.7 Å². The Labute approximate surface area is 438 Å². The number of hydrogen-bond acceptors (Lipinski definition) is 5. The second-order valence-electron chi connectivity index (χ2n) is 19.5. The molecule has 16 rings (SSSR count). The van der Waals surface area contributed by atoms with Crippen molar-refractivity contribution in [2.45, 2.75) is 0 Å². The van der Waals surface area contributed by atoms with Crippen molar-refractivity contribution >= 4 is 117 Å². The fourth-order valence-electron chi connectivity index (χ4n) is 11.7. The number of hydrogen-bond donors (Lipinski definition) is 0. The average Bonchev–Trinajstić information content (AvgIpc) is 4.18. The maximum atomic E-state index is 6.92. The van der Waals surface area contributed by atoms with Crippen LogP contribution in [0.1, 0.15) is 0 Å². The van der Waals surface area contributed by atoms with E-state index in [1.54, 1.807) is 0 Å². The van der Waals surface area contributed by atoms with Crippen LogP contribution in [0.15, 0.2) is 247 Å². The standard InChI is InChI=1S/C70H40N2OS2/c1-2-22-53-51(20-1)52-21-3-4-23-54(52)60-39-43(32-34-55(53)60)42-15-10-19-48(37-42)70-71-65(47-18-11-17-46(38-47)50-27-13-29-59-57-25-6-8-31-64(57)75-69(50)59)67-66(72-70)61-40-44(33-35-62(61)73-67)41-14-9-16-45(36-41)49-26-12-28-58-56-24-5-7-30-63(56)74-68(49)58/h1-40H. The van der Waals surface area contributed by atoms with Crippen molar-refractivity contribution in [3.8, 4) is 67.2 Å². The molecular formula is C70H40N2OS2. The van der Waals surface area contributed by atoms with Crippen LogP contribution in [0, 0.1) is 0 Å². The van der Waals surface area contributed by atoms with Gasteiger partial charge in [0.15, 0.2) is 11.4 Å². The van der Waals surface area contributed by atoms with E-state index in [-0.39, 0.29) is 0 Å². The van der Waals surface area contributed by atoms with Crippen LogP contribution in [0.2, 0.25) is 0 Å². The summed E-state index contributed by atoms with van der Waals surface area (Å²) in [5, 5.41) is 13.6. The van der Waals surface area contributed by atoms with Crippen molar-refractivity contribution in [3.63, 3.8) is 0 Å². The van der Waals surface area contributed by atoms with Crippen LogP contribution in [0.4, 0.5) is 0 Å². The summed E-state index contributed by atoms with van der Waals surface area (Å²) in [7, 11) is 0. The maximum Gasteiger partial charge on any atom is 0.180 e. The van der Waals surface area contributed by atoms with E-state index in [1.807, 2.05) is 22.7 Å². The summed E-state index contributed by atoms with van der Waals surface area (Å²) in [4.78, 5) is 11.0. The fraction of sp³-hybridized carbons (Fsp3) is 0. The van der Waals surface area contributed by atoms with Crippen molar-refractivity contribution in [2.24, 2.45) is 0 Å². The van der Waals surface area contributed by atoms with E-state index in [0.717, 1.165) is 61.1 Å². The number of nitrogens with zero attached hydrogens (tertiary/aromatic N) is 2. The zero-order valence-corrected chi connectivity index (χ0v) is 41.8. The third-order valence-electron chi connectivity index (χ3n) is 15.3. The molecule has 0 saturated carbocycles.